The third kappa shape index (κ3) is 2.94. The number of hydrogen-bond donors (Lipinski definition) is 2. The lowest BCUT2D eigenvalue weighted by Crippen LogP contribution is -2.39. The Hall–Kier alpha value is -3.48. The van der Waals surface area contributed by atoms with E-state index in [4.69, 9.17) is 4.98 Å². The van der Waals surface area contributed by atoms with E-state index in [-0.39, 0.29) is 11.9 Å². The zero-order valence-electron chi connectivity index (χ0n) is 15.3. The Bertz CT molecular complexity index is 1080. The summed E-state index contributed by atoms with van der Waals surface area (Å²) < 4.78 is 0. The van der Waals surface area contributed by atoms with Gasteiger partial charge in [-0.15, -0.1) is 0 Å². The first kappa shape index (κ1) is 16.7. The number of hydrogen-bond acceptors (Lipinski definition) is 4. The monoisotopic (exact) mass is 372 g/mol. The molecule has 2 N–H and O–H groups in total. The average Bonchev–Trinajstić information content (AvgIpc) is 3.41. The second-order valence-corrected chi connectivity index (χ2v) is 7.05. The molecule has 1 aliphatic heterocycles. The van der Waals surface area contributed by atoms with Crippen LogP contribution in [0.1, 0.15) is 41.6 Å². The first-order valence-electron chi connectivity index (χ1n) is 9.51. The Morgan fingerprint density at radius 3 is 2.82 bits per heavy atom. The molecule has 0 aliphatic carbocycles. The molecule has 0 saturated carbocycles. The molecule has 1 fully saturated rings. The molecule has 1 saturated heterocycles. The topological polar surface area (TPSA) is 90.6 Å². The Labute approximate surface area is 161 Å². The van der Waals surface area contributed by atoms with Crippen molar-refractivity contribution < 1.29 is 4.79 Å². The van der Waals surface area contributed by atoms with Crippen LogP contribution in [0.15, 0.2) is 54.9 Å². The third-order valence-corrected chi connectivity index (χ3v) is 5.27. The van der Waals surface area contributed by atoms with Gasteiger partial charge in [-0.1, -0.05) is 12.1 Å². The van der Waals surface area contributed by atoms with E-state index in [0.717, 1.165) is 47.4 Å². The number of nitrogens with zero attached hydrogens (tertiary/aromatic N) is 4. The number of amides is 1. The molecular formula is C21H20N6O. The zero-order chi connectivity index (χ0) is 18.9. The number of aromatic nitrogens is 5. The minimum atomic E-state index is -0.0543. The van der Waals surface area contributed by atoms with Gasteiger partial charge in [0, 0.05) is 24.5 Å². The van der Waals surface area contributed by atoms with E-state index in [1.807, 2.05) is 47.4 Å². The van der Waals surface area contributed by atoms with E-state index in [0.29, 0.717) is 12.2 Å². The first-order valence-corrected chi connectivity index (χ1v) is 9.51. The highest BCUT2D eigenvalue weighted by atomic mass is 16.2. The predicted molar refractivity (Wildman–Crippen MR) is 106 cm³/mol. The van der Waals surface area contributed by atoms with Crippen molar-refractivity contribution >= 4 is 16.9 Å². The molecule has 3 aromatic heterocycles. The summed E-state index contributed by atoms with van der Waals surface area (Å²) in [5, 5.41) is 7.22. The van der Waals surface area contributed by atoms with Crippen molar-refractivity contribution in [2.75, 3.05) is 6.54 Å². The van der Waals surface area contributed by atoms with Gasteiger partial charge in [0.1, 0.15) is 11.5 Å². The molecule has 4 heterocycles. The predicted octanol–water partition coefficient (Wildman–Crippen LogP) is 3.72. The number of carbonyl (C=O) groups excluding carboxylic acids is 1. The molecule has 4 aromatic rings. The largest absolute Gasteiger partial charge is 0.340 e. The Kier molecular flexibility index (Phi) is 4.12. The van der Waals surface area contributed by atoms with Crippen molar-refractivity contribution in [3.63, 3.8) is 0 Å². The van der Waals surface area contributed by atoms with Gasteiger partial charge in [0.15, 0.2) is 0 Å². The highest BCUT2D eigenvalue weighted by molar-refractivity contribution is 5.93. The maximum Gasteiger partial charge on any atom is 0.272 e. The van der Waals surface area contributed by atoms with Crippen LogP contribution in [-0.4, -0.2) is 42.5 Å². The summed E-state index contributed by atoms with van der Waals surface area (Å²) in [5.74, 6) is 0.807. The number of likely N-dealkylation sites (tertiary alicyclic amines) is 1. The lowest BCUT2D eigenvalue weighted by molar-refractivity contribution is 0.0595. The van der Waals surface area contributed by atoms with Crippen molar-refractivity contribution in [1.29, 1.82) is 0 Å². The fraction of sp³-hybridized carbons (Fsp3) is 0.238. The molecular weight excluding hydrogens is 352 g/mol. The number of pyridine rings is 1. The number of fused-ring (bicyclic) bond motifs is 1. The van der Waals surface area contributed by atoms with Gasteiger partial charge >= 0.3 is 0 Å². The van der Waals surface area contributed by atoms with Crippen LogP contribution in [-0.2, 0) is 0 Å². The number of imidazole rings is 1. The van der Waals surface area contributed by atoms with Crippen LogP contribution in [0.5, 0.6) is 0 Å². The second-order valence-electron chi connectivity index (χ2n) is 7.05. The summed E-state index contributed by atoms with van der Waals surface area (Å²) in [7, 11) is 0. The molecule has 5 rings (SSSR count). The van der Waals surface area contributed by atoms with E-state index >= 15 is 0 Å². The fourth-order valence-corrected chi connectivity index (χ4v) is 3.85. The second kappa shape index (κ2) is 6.92. The van der Waals surface area contributed by atoms with Crippen molar-refractivity contribution in [2.24, 2.45) is 0 Å². The fourth-order valence-electron chi connectivity index (χ4n) is 3.85. The number of rotatable bonds is 3. The zero-order valence-corrected chi connectivity index (χ0v) is 15.3. The van der Waals surface area contributed by atoms with Crippen LogP contribution in [0.25, 0.3) is 22.3 Å². The number of para-hydroxylation sites is 2. The van der Waals surface area contributed by atoms with Gasteiger partial charge in [-0.25, -0.2) is 4.98 Å². The van der Waals surface area contributed by atoms with Gasteiger partial charge in [-0.05, 0) is 49.6 Å². The SMILES string of the molecule is O=C(c1cc(-c2ccncc2)n[nH]1)N1CCCC[C@@H]1c1nc2ccccc2[nH]1. The summed E-state index contributed by atoms with van der Waals surface area (Å²) >= 11 is 0. The standard InChI is InChI=1S/C21H20N6O/c28-21(18-13-17(25-26-18)14-8-10-22-11-9-14)27-12-4-3-7-19(27)20-23-15-5-1-2-6-16(15)24-20/h1-2,5-6,8-11,13,19H,3-4,7,12H2,(H,23,24)(H,25,26)/t19-/m1/s1. The molecule has 0 spiro atoms. The van der Waals surface area contributed by atoms with Crippen molar-refractivity contribution in [3.8, 4) is 11.3 Å². The highest BCUT2D eigenvalue weighted by Crippen LogP contribution is 2.32. The summed E-state index contributed by atoms with van der Waals surface area (Å²) in [4.78, 5) is 27.3. The van der Waals surface area contributed by atoms with Crippen LogP contribution >= 0.6 is 0 Å². The molecule has 1 aliphatic rings. The molecule has 7 heteroatoms. The van der Waals surface area contributed by atoms with E-state index in [1.54, 1.807) is 12.4 Å². The minimum absolute atomic E-state index is 0.0436. The number of H-pyrrole nitrogens is 2. The maximum atomic E-state index is 13.2. The lowest BCUT2D eigenvalue weighted by atomic mass is 10.0. The number of nitrogens with one attached hydrogen (secondary N) is 2. The van der Waals surface area contributed by atoms with Gasteiger partial charge < -0.3 is 9.88 Å². The van der Waals surface area contributed by atoms with Gasteiger partial charge in [0.25, 0.3) is 5.91 Å². The van der Waals surface area contributed by atoms with Crippen LogP contribution in [0.2, 0.25) is 0 Å². The van der Waals surface area contributed by atoms with Crippen molar-refractivity contribution in [1.82, 2.24) is 30.0 Å². The summed E-state index contributed by atoms with van der Waals surface area (Å²) in [5.41, 5.74) is 4.09. The van der Waals surface area contributed by atoms with Gasteiger partial charge in [-0.2, -0.15) is 5.10 Å². The molecule has 0 bridgehead atoms. The Balaban J connectivity index is 1.45. The van der Waals surface area contributed by atoms with E-state index < -0.39 is 0 Å². The van der Waals surface area contributed by atoms with Gasteiger partial charge in [0.2, 0.25) is 0 Å². The Morgan fingerprint density at radius 2 is 1.96 bits per heavy atom. The molecule has 7 nitrogen and oxygen atoms in total. The molecule has 0 radical (unpaired) electrons. The molecule has 140 valence electrons. The minimum Gasteiger partial charge on any atom is -0.340 e. The van der Waals surface area contributed by atoms with Crippen molar-refractivity contribution in [3.05, 3.63) is 66.4 Å². The summed E-state index contributed by atoms with van der Waals surface area (Å²) in [6, 6.07) is 13.5. The number of benzene rings is 1. The van der Waals surface area contributed by atoms with Gasteiger partial charge in [-0.3, -0.25) is 14.9 Å². The number of carbonyl (C=O) groups is 1. The Morgan fingerprint density at radius 1 is 1.11 bits per heavy atom. The van der Waals surface area contributed by atoms with Crippen LogP contribution in [0.3, 0.4) is 0 Å². The first-order chi connectivity index (χ1) is 13.8. The highest BCUT2D eigenvalue weighted by Gasteiger charge is 2.31. The molecule has 1 aromatic carbocycles. The van der Waals surface area contributed by atoms with E-state index in [1.165, 1.54) is 0 Å². The quantitative estimate of drug-likeness (QED) is 0.573. The number of aromatic amines is 2. The van der Waals surface area contributed by atoms with Crippen molar-refractivity contribution in [2.45, 2.75) is 25.3 Å². The summed E-state index contributed by atoms with van der Waals surface area (Å²) in [6.07, 6.45) is 6.41. The van der Waals surface area contributed by atoms with Crippen LogP contribution in [0, 0.1) is 0 Å². The van der Waals surface area contributed by atoms with E-state index in [9.17, 15) is 4.79 Å². The van der Waals surface area contributed by atoms with Crippen LogP contribution in [0.4, 0.5) is 0 Å². The maximum absolute atomic E-state index is 13.2. The normalized spacial score (nSPS) is 17.1. The van der Waals surface area contributed by atoms with Gasteiger partial charge in [0.05, 0.1) is 22.8 Å². The van der Waals surface area contributed by atoms with Crippen LogP contribution < -0.4 is 0 Å². The smallest absolute Gasteiger partial charge is 0.272 e. The summed E-state index contributed by atoms with van der Waals surface area (Å²) in [6.45, 7) is 0.712. The molecule has 28 heavy (non-hydrogen) atoms. The molecule has 1 amide bonds. The average molecular weight is 372 g/mol. The lowest BCUT2D eigenvalue weighted by Gasteiger charge is -2.34. The third-order valence-electron chi connectivity index (χ3n) is 5.27. The number of piperidine rings is 1. The molecule has 0 unspecified atom stereocenters. The van der Waals surface area contributed by atoms with E-state index in [2.05, 4.69) is 20.2 Å². The molecule has 1 atom stereocenters.